The fourth-order valence-electron chi connectivity index (χ4n) is 6.08. The van der Waals surface area contributed by atoms with Crippen molar-refractivity contribution in [3.8, 4) is 11.4 Å². The topological polar surface area (TPSA) is 141 Å². The Kier molecular flexibility index (Phi) is 7.66. The second kappa shape index (κ2) is 11.8. The minimum Gasteiger partial charge on any atom is -0.368 e. The number of nitrogen functional groups attached to an aromatic ring is 1. The van der Waals surface area contributed by atoms with Crippen LogP contribution in [-0.2, 0) is 10.0 Å². The van der Waals surface area contributed by atoms with Gasteiger partial charge in [0, 0.05) is 40.7 Å². The van der Waals surface area contributed by atoms with E-state index in [9.17, 15) is 12.8 Å². The highest BCUT2D eigenvalue weighted by Crippen LogP contribution is 2.35. The van der Waals surface area contributed by atoms with Gasteiger partial charge in [-0.25, -0.2) is 40.5 Å². The molecule has 3 aromatic heterocycles. The number of hydrogen-bond acceptors (Lipinski definition) is 9. The van der Waals surface area contributed by atoms with Crippen molar-refractivity contribution in [2.75, 3.05) is 16.4 Å². The molecule has 47 heavy (non-hydrogen) atoms. The number of halogens is 3. The standard InChI is InChI=1S/C33H29F3N8O2S/c1-18-9-11-22(12-10-18)47(45,46)44-17-25(24-13-19(34)14-26(35)29(24)44)30-38-16-27(36)32(42-30)40-21-6-4-5-20(15-21)39-31-23-7-2-3-8-28(23)41-33(37)43-31/h2-3,7-14,16-17,20-21H,4-6,15H2,1H3,(H,38,40,42)(H3,37,39,41,43)/t20-,21+/m0/s1. The number of rotatable bonds is 7. The first-order valence-corrected chi connectivity index (χ1v) is 16.4. The molecule has 0 saturated heterocycles. The third-order valence-corrected chi connectivity index (χ3v) is 10.00. The number of anilines is 3. The Balaban J connectivity index is 1.20. The Morgan fingerprint density at radius 2 is 1.60 bits per heavy atom. The SMILES string of the molecule is Cc1ccc(S(=O)(=O)n2cc(-c3ncc(F)c(N[C@@H]4CCC[C@H](Nc5nc(N)nc6ccccc56)C4)n3)c3cc(F)cc(F)c32)cc1. The summed E-state index contributed by atoms with van der Waals surface area (Å²) in [6.07, 6.45) is 5.09. The number of aryl methyl sites for hydroxylation is 1. The van der Waals surface area contributed by atoms with Gasteiger partial charge in [-0.1, -0.05) is 29.8 Å². The summed E-state index contributed by atoms with van der Waals surface area (Å²) >= 11 is 0. The summed E-state index contributed by atoms with van der Waals surface area (Å²) in [4.78, 5) is 17.1. The van der Waals surface area contributed by atoms with Crippen molar-refractivity contribution in [3.05, 3.63) is 96.1 Å². The van der Waals surface area contributed by atoms with Gasteiger partial charge in [-0.3, -0.25) is 0 Å². The molecule has 1 saturated carbocycles. The molecule has 4 N–H and O–H groups in total. The Hall–Kier alpha value is -5.24. The van der Waals surface area contributed by atoms with Gasteiger partial charge in [0.2, 0.25) is 5.95 Å². The number of hydrogen-bond donors (Lipinski definition) is 3. The summed E-state index contributed by atoms with van der Waals surface area (Å²) < 4.78 is 72.9. The molecule has 1 aliphatic rings. The van der Waals surface area contributed by atoms with Gasteiger partial charge in [-0.05, 0) is 62.9 Å². The molecule has 0 aliphatic heterocycles. The molecule has 0 bridgehead atoms. The molecule has 0 unspecified atom stereocenters. The summed E-state index contributed by atoms with van der Waals surface area (Å²) in [7, 11) is -4.31. The smallest absolute Gasteiger partial charge is 0.268 e. The maximum Gasteiger partial charge on any atom is 0.268 e. The number of para-hydroxylation sites is 1. The van der Waals surface area contributed by atoms with Crippen LogP contribution in [0.25, 0.3) is 33.2 Å². The first-order chi connectivity index (χ1) is 22.6. The molecule has 240 valence electrons. The van der Waals surface area contributed by atoms with Gasteiger partial charge >= 0.3 is 0 Å². The fourth-order valence-corrected chi connectivity index (χ4v) is 7.46. The van der Waals surface area contributed by atoms with E-state index in [1.54, 1.807) is 19.1 Å². The number of benzene rings is 3. The third-order valence-electron chi connectivity index (χ3n) is 8.32. The van der Waals surface area contributed by atoms with Crippen molar-refractivity contribution in [2.45, 2.75) is 49.6 Å². The van der Waals surface area contributed by atoms with Crippen molar-refractivity contribution in [2.24, 2.45) is 0 Å². The van der Waals surface area contributed by atoms with Gasteiger partial charge in [0.25, 0.3) is 10.0 Å². The van der Waals surface area contributed by atoms with Crippen molar-refractivity contribution < 1.29 is 21.6 Å². The van der Waals surface area contributed by atoms with Crippen molar-refractivity contribution in [1.29, 1.82) is 0 Å². The molecule has 0 amide bonds. The maximum absolute atomic E-state index is 15.2. The first-order valence-electron chi connectivity index (χ1n) is 15.0. The van der Waals surface area contributed by atoms with Crippen LogP contribution in [0, 0.1) is 24.4 Å². The van der Waals surface area contributed by atoms with Crippen LogP contribution in [0.1, 0.15) is 31.2 Å². The fraction of sp³-hybridized carbons (Fsp3) is 0.212. The second-order valence-corrected chi connectivity index (χ2v) is 13.4. The van der Waals surface area contributed by atoms with E-state index in [-0.39, 0.29) is 51.0 Å². The van der Waals surface area contributed by atoms with Gasteiger partial charge in [0.05, 0.1) is 16.6 Å². The van der Waals surface area contributed by atoms with Crippen LogP contribution < -0.4 is 16.4 Å². The number of aromatic nitrogens is 5. The second-order valence-electron chi connectivity index (χ2n) is 11.6. The zero-order chi connectivity index (χ0) is 32.9. The predicted molar refractivity (Wildman–Crippen MR) is 174 cm³/mol. The van der Waals surface area contributed by atoms with Gasteiger partial charge in [-0.15, -0.1) is 0 Å². The molecule has 6 aromatic rings. The highest BCUT2D eigenvalue weighted by atomic mass is 32.2. The molecule has 3 aromatic carbocycles. The molecule has 3 heterocycles. The Morgan fingerprint density at radius 3 is 2.36 bits per heavy atom. The van der Waals surface area contributed by atoms with Crippen LogP contribution >= 0.6 is 0 Å². The molecule has 7 rings (SSSR count). The number of nitrogens with one attached hydrogen (secondary N) is 2. The third kappa shape index (κ3) is 5.80. The van der Waals surface area contributed by atoms with Gasteiger partial charge in [0.1, 0.15) is 17.2 Å². The van der Waals surface area contributed by atoms with Crippen LogP contribution in [0.15, 0.2) is 78.0 Å². The monoisotopic (exact) mass is 658 g/mol. The molecule has 2 atom stereocenters. The van der Waals surface area contributed by atoms with Crippen molar-refractivity contribution >= 4 is 49.4 Å². The van der Waals surface area contributed by atoms with E-state index in [1.165, 1.54) is 12.1 Å². The molecule has 1 aliphatic carbocycles. The Morgan fingerprint density at radius 1 is 0.872 bits per heavy atom. The average molecular weight is 659 g/mol. The zero-order valence-corrected chi connectivity index (χ0v) is 25.9. The van der Waals surface area contributed by atoms with Crippen molar-refractivity contribution in [3.63, 3.8) is 0 Å². The molecule has 1 fully saturated rings. The van der Waals surface area contributed by atoms with Crippen molar-refractivity contribution in [1.82, 2.24) is 23.9 Å². The lowest BCUT2D eigenvalue weighted by atomic mass is 9.91. The molecular formula is C33H29F3N8O2S. The predicted octanol–water partition coefficient (Wildman–Crippen LogP) is 6.42. The molecule has 0 radical (unpaired) electrons. The van der Waals surface area contributed by atoms with E-state index in [1.807, 2.05) is 24.3 Å². The molecule has 0 spiro atoms. The normalized spacial score (nSPS) is 16.9. The summed E-state index contributed by atoms with van der Waals surface area (Å²) in [5.74, 6) is -2.17. The summed E-state index contributed by atoms with van der Waals surface area (Å²) in [5, 5.41) is 7.39. The lowest BCUT2D eigenvalue weighted by molar-refractivity contribution is 0.425. The van der Waals surface area contributed by atoms with E-state index >= 15 is 8.78 Å². The van der Waals surface area contributed by atoms with E-state index in [2.05, 4.69) is 30.6 Å². The molecular weight excluding hydrogens is 629 g/mol. The minimum absolute atomic E-state index is 0.0146. The first kappa shape index (κ1) is 30.4. The average Bonchev–Trinajstić information content (AvgIpc) is 3.43. The zero-order valence-electron chi connectivity index (χ0n) is 25.1. The highest BCUT2D eigenvalue weighted by molar-refractivity contribution is 7.90. The van der Waals surface area contributed by atoms with Crippen LogP contribution in [0.4, 0.5) is 30.8 Å². The van der Waals surface area contributed by atoms with Gasteiger partial charge in [-0.2, -0.15) is 4.98 Å². The summed E-state index contributed by atoms with van der Waals surface area (Å²) in [5.41, 5.74) is 7.15. The summed E-state index contributed by atoms with van der Waals surface area (Å²) in [6, 6.07) is 15.0. The minimum atomic E-state index is -4.31. The van der Waals surface area contributed by atoms with Crippen LogP contribution in [-0.4, -0.2) is 44.4 Å². The largest absolute Gasteiger partial charge is 0.368 e. The van der Waals surface area contributed by atoms with E-state index < -0.39 is 27.5 Å². The molecule has 10 nitrogen and oxygen atoms in total. The summed E-state index contributed by atoms with van der Waals surface area (Å²) in [6.45, 7) is 1.81. The van der Waals surface area contributed by atoms with Crippen LogP contribution in [0.2, 0.25) is 0 Å². The Bertz CT molecular complexity index is 2260. The van der Waals surface area contributed by atoms with E-state index in [0.29, 0.717) is 18.3 Å². The molecule has 14 heteroatoms. The lowest BCUT2D eigenvalue weighted by Gasteiger charge is -2.31. The van der Waals surface area contributed by atoms with Crippen LogP contribution in [0.3, 0.4) is 0 Å². The quantitative estimate of drug-likeness (QED) is 0.177. The van der Waals surface area contributed by atoms with Crippen LogP contribution in [0.5, 0.6) is 0 Å². The van der Waals surface area contributed by atoms with Gasteiger partial charge < -0.3 is 16.4 Å². The lowest BCUT2D eigenvalue weighted by Crippen LogP contribution is -2.35. The number of fused-ring (bicyclic) bond motifs is 2. The maximum atomic E-state index is 15.2. The number of nitrogens with two attached hydrogens (primary N) is 1. The van der Waals surface area contributed by atoms with Gasteiger partial charge in [0.15, 0.2) is 23.3 Å². The number of nitrogens with zero attached hydrogens (tertiary/aromatic N) is 5. The Labute approximate surface area is 268 Å². The van der Waals surface area contributed by atoms with E-state index in [0.717, 1.165) is 58.2 Å². The van der Waals surface area contributed by atoms with E-state index in [4.69, 9.17) is 5.73 Å². The highest BCUT2D eigenvalue weighted by Gasteiger charge is 2.28.